The summed E-state index contributed by atoms with van der Waals surface area (Å²) < 4.78 is 1.22. The van der Waals surface area contributed by atoms with Crippen molar-refractivity contribution in [3.63, 3.8) is 0 Å². The molecule has 2 rings (SSSR count). The van der Waals surface area contributed by atoms with Crippen LogP contribution >= 0.6 is 27.3 Å². The molecule has 1 fully saturated rings. The third-order valence-corrected chi connectivity index (χ3v) is 4.15. The molecule has 0 spiro atoms. The Morgan fingerprint density at radius 2 is 2.08 bits per heavy atom. The molecule has 13 heavy (non-hydrogen) atoms. The molecule has 2 heterocycles. The van der Waals surface area contributed by atoms with Crippen LogP contribution in [0.2, 0.25) is 0 Å². The van der Waals surface area contributed by atoms with Gasteiger partial charge < -0.3 is 10.6 Å². The summed E-state index contributed by atoms with van der Waals surface area (Å²) >= 11 is 5.30. The predicted octanol–water partition coefficient (Wildman–Crippen LogP) is 2.44. The lowest BCUT2D eigenvalue weighted by atomic mass is 10.1. The number of nitrogens with two attached hydrogens (primary N) is 1. The first-order chi connectivity index (χ1) is 6.27. The van der Waals surface area contributed by atoms with Crippen molar-refractivity contribution in [2.24, 2.45) is 5.73 Å². The molecule has 1 aliphatic heterocycles. The van der Waals surface area contributed by atoms with Gasteiger partial charge in [-0.1, -0.05) is 0 Å². The lowest BCUT2D eigenvalue weighted by Crippen LogP contribution is -2.39. The first-order valence-corrected chi connectivity index (χ1v) is 6.23. The molecule has 72 valence electrons. The van der Waals surface area contributed by atoms with Crippen molar-refractivity contribution in [2.75, 3.05) is 18.0 Å². The zero-order valence-electron chi connectivity index (χ0n) is 7.37. The fourth-order valence-corrected chi connectivity index (χ4v) is 3.19. The van der Waals surface area contributed by atoms with Gasteiger partial charge in [-0.25, -0.2) is 0 Å². The number of nitrogens with zero attached hydrogens (tertiary/aromatic N) is 1. The van der Waals surface area contributed by atoms with Crippen molar-refractivity contribution in [1.29, 1.82) is 0 Å². The average molecular weight is 261 g/mol. The van der Waals surface area contributed by atoms with Crippen LogP contribution in [0, 0.1) is 0 Å². The predicted molar refractivity (Wildman–Crippen MR) is 61.4 cm³/mol. The maximum absolute atomic E-state index is 5.85. The lowest BCUT2D eigenvalue weighted by molar-refractivity contribution is 0.501. The van der Waals surface area contributed by atoms with Crippen LogP contribution in [0.3, 0.4) is 0 Å². The molecule has 0 radical (unpaired) electrons. The van der Waals surface area contributed by atoms with Crippen LogP contribution in [0.15, 0.2) is 15.2 Å². The molecule has 4 heteroatoms. The largest absolute Gasteiger partial charge is 0.370 e. The monoisotopic (exact) mass is 260 g/mol. The van der Waals surface area contributed by atoms with Gasteiger partial charge in [0.1, 0.15) is 0 Å². The second kappa shape index (κ2) is 3.98. The Morgan fingerprint density at radius 1 is 1.38 bits per heavy atom. The Hall–Kier alpha value is -0.0600. The smallest absolute Gasteiger partial charge is 0.0619 e. The Balaban J connectivity index is 2.06. The van der Waals surface area contributed by atoms with Gasteiger partial charge in [-0.05, 0) is 28.8 Å². The van der Waals surface area contributed by atoms with E-state index in [0.717, 1.165) is 25.9 Å². The topological polar surface area (TPSA) is 29.3 Å². The maximum Gasteiger partial charge on any atom is 0.0619 e. The van der Waals surface area contributed by atoms with E-state index in [9.17, 15) is 0 Å². The van der Waals surface area contributed by atoms with Gasteiger partial charge in [0.2, 0.25) is 0 Å². The lowest BCUT2D eigenvalue weighted by Gasteiger charge is -2.31. The maximum atomic E-state index is 5.85. The normalized spacial score (nSPS) is 19.4. The Kier molecular flexibility index (Phi) is 2.91. The van der Waals surface area contributed by atoms with E-state index < -0.39 is 0 Å². The number of hydrogen-bond acceptors (Lipinski definition) is 3. The zero-order valence-corrected chi connectivity index (χ0v) is 9.77. The minimum atomic E-state index is 0.411. The van der Waals surface area contributed by atoms with E-state index in [2.05, 4.69) is 31.6 Å². The Labute approximate surface area is 90.9 Å². The van der Waals surface area contributed by atoms with Crippen molar-refractivity contribution in [2.45, 2.75) is 18.9 Å². The molecule has 0 aliphatic carbocycles. The van der Waals surface area contributed by atoms with Crippen molar-refractivity contribution in [3.8, 4) is 0 Å². The quantitative estimate of drug-likeness (QED) is 0.841. The van der Waals surface area contributed by atoms with Crippen LogP contribution < -0.4 is 10.6 Å². The van der Waals surface area contributed by atoms with Crippen molar-refractivity contribution >= 4 is 33.0 Å². The van der Waals surface area contributed by atoms with Gasteiger partial charge >= 0.3 is 0 Å². The number of rotatable bonds is 1. The summed E-state index contributed by atoms with van der Waals surface area (Å²) in [6, 6.07) is 0.411. The molecule has 1 aromatic heterocycles. The zero-order chi connectivity index (χ0) is 9.26. The fourth-order valence-electron chi connectivity index (χ4n) is 1.64. The van der Waals surface area contributed by atoms with Gasteiger partial charge in [0.25, 0.3) is 0 Å². The van der Waals surface area contributed by atoms with E-state index in [1.54, 1.807) is 11.3 Å². The van der Waals surface area contributed by atoms with Crippen molar-refractivity contribution in [3.05, 3.63) is 15.2 Å². The molecule has 0 saturated carbocycles. The molecule has 0 unspecified atom stereocenters. The highest BCUT2D eigenvalue weighted by Crippen LogP contribution is 2.31. The first-order valence-electron chi connectivity index (χ1n) is 4.49. The van der Waals surface area contributed by atoms with E-state index in [4.69, 9.17) is 5.73 Å². The van der Waals surface area contributed by atoms with Crippen LogP contribution in [0.25, 0.3) is 0 Å². The minimum Gasteiger partial charge on any atom is -0.370 e. The van der Waals surface area contributed by atoms with E-state index in [1.165, 1.54) is 10.2 Å². The van der Waals surface area contributed by atoms with Crippen molar-refractivity contribution in [1.82, 2.24) is 0 Å². The Bertz CT molecular complexity index is 279. The summed E-state index contributed by atoms with van der Waals surface area (Å²) in [4.78, 5) is 2.41. The summed E-state index contributed by atoms with van der Waals surface area (Å²) in [6.07, 6.45) is 2.23. The minimum absolute atomic E-state index is 0.411. The molecule has 1 saturated heterocycles. The second-order valence-electron chi connectivity index (χ2n) is 3.43. The average Bonchev–Trinajstić information content (AvgIpc) is 2.53. The molecule has 1 aromatic rings. The number of piperidine rings is 1. The third-order valence-electron chi connectivity index (χ3n) is 2.48. The van der Waals surface area contributed by atoms with Crippen molar-refractivity contribution < 1.29 is 0 Å². The highest BCUT2D eigenvalue weighted by atomic mass is 79.9. The number of hydrogen-bond donors (Lipinski definition) is 1. The number of anilines is 1. The number of thiophene rings is 1. The van der Waals surface area contributed by atoms with Gasteiger partial charge in [-0.15, -0.1) is 11.3 Å². The molecule has 2 N–H and O–H groups in total. The summed E-state index contributed by atoms with van der Waals surface area (Å²) in [5.74, 6) is 0. The third kappa shape index (κ3) is 2.06. The van der Waals surface area contributed by atoms with Crippen LogP contribution in [-0.4, -0.2) is 19.1 Å². The molecule has 0 amide bonds. The van der Waals surface area contributed by atoms with Crippen LogP contribution in [0.5, 0.6) is 0 Å². The van der Waals surface area contributed by atoms with E-state index in [-0.39, 0.29) is 0 Å². The summed E-state index contributed by atoms with van der Waals surface area (Å²) in [6.45, 7) is 2.19. The van der Waals surface area contributed by atoms with Gasteiger partial charge in [-0.2, -0.15) is 0 Å². The van der Waals surface area contributed by atoms with Crippen LogP contribution in [-0.2, 0) is 0 Å². The molecular weight excluding hydrogens is 248 g/mol. The first kappa shape index (κ1) is 9.49. The van der Waals surface area contributed by atoms with Gasteiger partial charge in [-0.3, -0.25) is 0 Å². The second-order valence-corrected chi connectivity index (χ2v) is 5.03. The molecule has 0 aromatic carbocycles. The highest BCUT2D eigenvalue weighted by molar-refractivity contribution is 9.10. The molecule has 2 nitrogen and oxygen atoms in total. The summed E-state index contributed by atoms with van der Waals surface area (Å²) in [5.41, 5.74) is 7.18. The van der Waals surface area contributed by atoms with Crippen LogP contribution in [0.4, 0.5) is 5.69 Å². The molecular formula is C9H13BrN2S. The van der Waals surface area contributed by atoms with E-state index in [1.807, 2.05) is 0 Å². The van der Waals surface area contributed by atoms with Gasteiger partial charge in [0.15, 0.2) is 0 Å². The number of halogens is 1. The molecule has 1 aliphatic rings. The Morgan fingerprint density at radius 3 is 2.62 bits per heavy atom. The van der Waals surface area contributed by atoms with Gasteiger partial charge in [0, 0.05) is 29.9 Å². The van der Waals surface area contributed by atoms with E-state index in [0.29, 0.717) is 6.04 Å². The summed E-state index contributed by atoms with van der Waals surface area (Å²) in [5, 5.41) is 4.32. The van der Waals surface area contributed by atoms with Crippen LogP contribution in [0.1, 0.15) is 12.8 Å². The molecule has 0 bridgehead atoms. The SMILES string of the molecule is NC1CCN(c2cscc2Br)CC1. The standard InChI is InChI=1S/C9H13BrN2S/c10-8-5-13-6-9(8)12-3-1-7(11)2-4-12/h5-7H,1-4,11H2. The van der Waals surface area contributed by atoms with E-state index >= 15 is 0 Å². The summed E-state index contributed by atoms with van der Waals surface area (Å²) in [7, 11) is 0. The van der Waals surface area contributed by atoms with Gasteiger partial charge in [0.05, 0.1) is 10.2 Å². The highest BCUT2D eigenvalue weighted by Gasteiger charge is 2.18. The fraction of sp³-hybridized carbons (Fsp3) is 0.556. The molecule has 0 atom stereocenters.